The first kappa shape index (κ1) is 17.5. The average molecular weight is 334 g/mol. The molecule has 0 amide bonds. The molecule has 1 aliphatic heterocycles. The van der Waals surface area contributed by atoms with Crippen molar-refractivity contribution in [2.75, 3.05) is 40.5 Å². The number of nitrogens with one attached hydrogen (secondary N) is 2. The van der Waals surface area contributed by atoms with Crippen molar-refractivity contribution in [3.63, 3.8) is 0 Å². The largest absolute Gasteiger partial charge is 0.497 e. The standard InChI is InChI=1S/C19H30N2O3/c1-22-15-6-7-19(23-2)14(12-15)8-9-20-17-5-3-4-16(17)18-13-24-11-10-21-18/h6-7,12,16-18,20-21H,3-5,8-11,13H2,1-2H3. The number of morpholine rings is 1. The molecule has 3 atom stereocenters. The van der Waals surface area contributed by atoms with E-state index in [0.29, 0.717) is 18.0 Å². The summed E-state index contributed by atoms with van der Waals surface area (Å²) in [5.41, 5.74) is 1.19. The van der Waals surface area contributed by atoms with Gasteiger partial charge in [-0.3, -0.25) is 0 Å². The fourth-order valence-electron chi connectivity index (χ4n) is 4.05. The molecular formula is C19H30N2O3. The Morgan fingerprint density at radius 2 is 2.17 bits per heavy atom. The van der Waals surface area contributed by atoms with Crippen LogP contribution in [-0.4, -0.2) is 52.6 Å². The van der Waals surface area contributed by atoms with E-state index in [1.807, 2.05) is 12.1 Å². The molecule has 2 fully saturated rings. The van der Waals surface area contributed by atoms with E-state index in [4.69, 9.17) is 14.2 Å². The van der Waals surface area contributed by atoms with Crippen LogP contribution >= 0.6 is 0 Å². The van der Waals surface area contributed by atoms with E-state index in [1.165, 1.54) is 24.8 Å². The lowest BCUT2D eigenvalue weighted by molar-refractivity contribution is 0.0526. The molecule has 0 radical (unpaired) electrons. The van der Waals surface area contributed by atoms with Crippen LogP contribution in [0.25, 0.3) is 0 Å². The minimum Gasteiger partial charge on any atom is -0.497 e. The van der Waals surface area contributed by atoms with Gasteiger partial charge in [-0.1, -0.05) is 6.42 Å². The zero-order valence-electron chi connectivity index (χ0n) is 14.8. The molecule has 1 aromatic rings. The lowest BCUT2D eigenvalue weighted by Gasteiger charge is -2.33. The Bertz CT molecular complexity index is 517. The molecular weight excluding hydrogens is 304 g/mol. The lowest BCUT2D eigenvalue weighted by Crippen LogP contribution is -2.51. The molecule has 5 heteroatoms. The van der Waals surface area contributed by atoms with E-state index in [-0.39, 0.29) is 0 Å². The Morgan fingerprint density at radius 3 is 2.92 bits per heavy atom. The molecule has 0 bridgehead atoms. The molecule has 1 heterocycles. The van der Waals surface area contributed by atoms with Crippen molar-refractivity contribution >= 4 is 0 Å². The highest BCUT2D eigenvalue weighted by Gasteiger charge is 2.34. The highest BCUT2D eigenvalue weighted by atomic mass is 16.5. The maximum absolute atomic E-state index is 5.65. The summed E-state index contributed by atoms with van der Waals surface area (Å²) in [5, 5.41) is 7.41. The highest BCUT2D eigenvalue weighted by Crippen LogP contribution is 2.30. The molecule has 1 aromatic carbocycles. The number of rotatable bonds is 7. The van der Waals surface area contributed by atoms with Gasteiger partial charge in [0.1, 0.15) is 11.5 Å². The summed E-state index contributed by atoms with van der Waals surface area (Å²) in [4.78, 5) is 0. The number of ether oxygens (including phenoxy) is 3. The van der Waals surface area contributed by atoms with Crippen molar-refractivity contribution in [3.8, 4) is 11.5 Å². The van der Waals surface area contributed by atoms with Crippen LogP contribution in [0.2, 0.25) is 0 Å². The quantitative estimate of drug-likeness (QED) is 0.799. The second-order valence-corrected chi connectivity index (χ2v) is 6.72. The lowest BCUT2D eigenvalue weighted by atomic mass is 9.94. The van der Waals surface area contributed by atoms with Gasteiger partial charge in [-0.25, -0.2) is 0 Å². The molecule has 3 unspecified atom stereocenters. The van der Waals surface area contributed by atoms with Crippen molar-refractivity contribution in [2.24, 2.45) is 5.92 Å². The first-order chi connectivity index (χ1) is 11.8. The van der Waals surface area contributed by atoms with E-state index in [2.05, 4.69) is 16.7 Å². The summed E-state index contributed by atoms with van der Waals surface area (Å²) < 4.78 is 16.5. The second-order valence-electron chi connectivity index (χ2n) is 6.72. The molecule has 2 aliphatic rings. The van der Waals surface area contributed by atoms with Gasteiger partial charge in [0.15, 0.2) is 0 Å². The van der Waals surface area contributed by atoms with Gasteiger partial charge in [0, 0.05) is 18.6 Å². The molecule has 1 saturated heterocycles. The predicted octanol–water partition coefficient (Wildman–Crippen LogP) is 1.99. The summed E-state index contributed by atoms with van der Waals surface area (Å²) in [6.45, 7) is 3.64. The molecule has 0 spiro atoms. The average Bonchev–Trinajstić information content (AvgIpc) is 3.11. The van der Waals surface area contributed by atoms with Gasteiger partial charge < -0.3 is 24.8 Å². The maximum Gasteiger partial charge on any atom is 0.122 e. The van der Waals surface area contributed by atoms with Crippen LogP contribution in [0.15, 0.2) is 18.2 Å². The van der Waals surface area contributed by atoms with Gasteiger partial charge in [-0.2, -0.15) is 0 Å². The molecule has 5 nitrogen and oxygen atoms in total. The second kappa shape index (κ2) is 8.70. The first-order valence-corrected chi connectivity index (χ1v) is 9.07. The van der Waals surface area contributed by atoms with Gasteiger partial charge in [-0.05, 0) is 55.5 Å². The first-order valence-electron chi connectivity index (χ1n) is 9.07. The van der Waals surface area contributed by atoms with Crippen LogP contribution in [0.5, 0.6) is 11.5 Å². The third-order valence-corrected chi connectivity index (χ3v) is 5.33. The van der Waals surface area contributed by atoms with Gasteiger partial charge in [0.05, 0.1) is 27.4 Å². The van der Waals surface area contributed by atoms with E-state index in [0.717, 1.165) is 44.2 Å². The smallest absolute Gasteiger partial charge is 0.122 e. The Kier molecular flexibility index (Phi) is 6.35. The monoisotopic (exact) mass is 334 g/mol. The minimum atomic E-state index is 0.505. The van der Waals surface area contributed by atoms with E-state index in [9.17, 15) is 0 Å². The van der Waals surface area contributed by atoms with Crippen molar-refractivity contribution in [2.45, 2.75) is 37.8 Å². The van der Waals surface area contributed by atoms with Gasteiger partial charge in [-0.15, -0.1) is 0 Å². The Labute approximate surface area is 145 Å². The number of methoxy groups -OCH3 is 2. The van der Waals surface area contributed by atoms with Gasteiger partial charge in [0.2, 0.25) is 0 Å². The van der Waals surface area contributed by atoms with Crippen LogP contribution in [0, 0.1) is 5.92 Å². The third kappa shape index (κ3) is 4.21. The van der Waals surface area contributed by atoms with Crippen molar-refractivity contribution in [1.82, 2.24) is 10.6 Å². The molecule has 3 rings (SSSR count). The van der Waals surface area contributed by atoms with Crippen LogP contribution in [0.4, 0.5) is 0 Å². The maximum atomic E-state index is 5.65. The summed E-state index contributed by atoms with van der Waals surface area (Å²) in [5.74, 6) is 2.49. The third-order valence-electron chi connectivity index (χ3n) is 5.33. The van der Waals surface area contributed by atoms with E-state index >= 15 is 0 Å². The summed E-state index contributed by atoms with van der Waals surface area (Å²) in [6, 6.07) is 7.09. The van der Waals surface area contributed by atoms with Crippen molar-refractivity contribution < 1.29 is 14.2 Å². The Hall–Kier alpha value is -1.30. The van der Waals surface area contributed by atoms with E-state index in [1.54, 1.807) is 14.2 Å². The molecule has 1 saturated carbocycles. The van der Waals surface area contributed by atoms with Crippen LogP contribution in [0.3, 0.4) is 0 Å². The SMILES string of the molecule is COc1ccc(OC)c(CCNC2CCCC2C2COCCN2)c1. The summed E-state index contributed by atoms with van der Waals surface area (Å²) in [6.07, 6.45) is 4.81. The highest BCUT2D eigenvalue weighted by molar-refractivity contribution is 5.40. The molecule has 134 valence electrons. The van der Waals surface area contributed by atoms with E-state index < -0.39 is 0 Å². The topological polar surface area (TPSA) is 51.8 Å². The van der Waals surface area contributed by atoms with Crippen LogP contribution in [0.1, 0.15) is 24.8 Å². The van der Waals surface area contributed by atoms with Crippen molar-refractivity contribution in [1.29, 1.82) is 0 Å². The van der Waals surface area contributed by atoms with Crippen molar-refractivity contribution in [3.05, 3.63) is 23.8 Å². The zero-order valence-corrected chi connectivity index (χ0v) is 14.8. The molecule has 1 aliphatic carbocycles. The number of benzene rings is 1. The number of hydrogen-bond donors (Lipinski definition) is 2. The summed E-state index contributed by atoms with van der Waals surface area (Å²) >= 11 is 0. The predicted molar refractivity (Wildman–Crippen MR) is 95.0 cm³/mol. The fraction of sp³-hybridized carbons (Fsp3) is 0.684. The minimum absolute atomic E-state index is 0.505. The van der Waals surface area contributed by atoms with Gasteiger partial charge in [0.25, 0.3) is 0 Å². The number of hydrogen-bond acceptors (Lipinski definition) is 5. The molecule has 0 aromatic heterocycles. The van der Waals surface area contributed by atoms with Gasteiger partial charge >= 0.3 is 0 Å². The Balaban J connectivity index is 1.53. The van der Waals surface area contributed by atoms with Crippen LogP contribution in [-0.2, 0) is 11.2 Å². The molecule has 2 N–H and O–H groups in total. The Morgan fingerprint density at radius 1 is 1.25 bits per heavy atom. The summed E-state index contributed by atoms with van der Waals surface area (Å²) in [7, 11) is 3.42. The fourth-order valence-corrected chi connectivity index (χ4v) is 4.05. The normalized spacial score (nSPS) is 27.2. The van der Waals surface area contributed by atoms with Crippen LogP contribution < -0.4 is 20.1 Å². The zero-order chi connectivity index (χ0) is 16.8. The molecule has 24 heavy (non-hydrogen) atoms.